The van der Waals surface area contributed by atoms with E-state index in [-0.39, 0.29) is 47.2 Å². The van der Waals surface area contributed by atoms with Gasteiger partial charge in [-0.1, -0.05) is 23.7 Å². The third-order valence-electron chi connectivity index (χ3n) is 7.06. The van der Waals surface area contributed by atoms with Gasteiger partial charge in [-0.2, -0.15) is 18.2 Å². The number of thioether (sulfide) groups is 1. The minimum absolute atomic E-state index is 0.0641. The number of nitrogens with zero attached hydrogens (tertiary/aromatic N) is 4. The molecule has 1 fully saturated rings. The van der Waals surface area contributed by atoms with E-state index in [9.17, 15) is 32.3 Å². The molecule has 0 aliphatic carbocycles. The number of benzene rings is 2. The topological polar surface area (TPSA) is 78.7 Å². The van der Waals surface area contributed by atoms with Crippen molar-refractivity contribution in [3.63, 3.8) is 0 Å². The number of carbonyl (C=O) groups is 1. The van der Waals surface area contributed by atoms with Crippen LogP contribution in [0.4, 0.5) is 28.2 Å². The van der Waals surface area contributed by atoms with E-state index in [1.165, 1.54) is 21.6 Å². The number of carboxylic acid groups (broad SMARTS) is 1. The molecule has 1 aromatic heterocycles. The van der Waals surface area contributed by atoms with E-state index in [2.05, 4.69) is 4.98 Å². The maximum absolute atomic E-state index is 14.1. The Morgan fingerprint density at radius 3 is 2.34 bits per heavy atom. The molecule has 3 atom stereocenters. The third-order valence-corrected chi connectivity index (χ3v) is 8.82. The van der Waals surface area contributed by atoms with Gasteiger partial charge in [-0.15, -0.1) is 11.8 Å². The summed E-state index contributed by atoms with van der Waals surface area (Å²) >= 11 is 7.46. The Bertz CT molecular complexity index is 1470. The van der Waals surface area contributed by atoms with E-state index in [1.807, 2.05) is 0 Å². The molecule has 13 heteroatoms. The maximum Gasteiger partial charge on any atom is 0.417 e. The van der Waals surface area contributed by atoms with Crippen molar-refractivity contribution >= 4 is 46.2 Å². The Morgan fingerprint density at radius 2 is 1.76 bits per heavy atom. The number of aromatic nitrogens is 2. The minimum Gasteiger partial charge on any atom is -0.465 e. The van der Waals surface area contributed by atoms with Crippen LogP contribution in [0.3, 0.4) is 0 Å². The summed E-state index contributed by atoms with van der Waals surface area (Å²) in [4.78, 5) is 32.4. The van der Waals surface area contributed by atoms with Crippen LogP contribution in [0.1, 0.15) is 30.9 Å². The fourth-order valence-electron chi connectivity index (χ4n) is 5.38. The predicted molar refractivity (Wildman–Crippen MR) is 137 cm³/mol. The number of hydrogen-bond acceptors (Lipinski definition) is 5. The predicted octanol–water partition coefficient (Wildman–Crippen LogP) is 5.67. The largest absolute Gasteiger partial charge is 0.465 e. The molecule has 0 saturated carbocycles. The normalized spacial score (nSPS) is 22.0. The van der Waals surface area contributed by atoms with Crippen LogP contribution >= 0.6 is 23.4 Å². The summed E-state index contributed by atoms with van der Waals surface area (Å²) in [6.07, 6.45) is -5.85. The molecular weight excluding hydrogens is 548 g/mol. The Morgan fingerprint density at radius 1 is 1.13 bits per heavy atom. The molecule has 1 saturated heterocycles. The molecule has 0 radical (unpaired) electrons. The Hall–Kier alpha value is -2.99. The molecule has 2 aromatic carbocycles. The SMILES string of the molecule is C[C@@H]1CN(c2nc(=O)n3c4c(c(Cl)c(C(F)(F)F)cc24)SCC(c2ccc(F)cc2)C3)C[C@H](C)N1C(=O)O. The lowest BCUT2D eigenvalue weighted by Gasteiger charge is -2.43. The van der Waals surface area contributed by atoms with E-state index >= 15 is 0 Å². The number of alkyl halides is 3. The average Bonchev–Trinajstić information content (AvgIpc) is 3.03. The summed E-state index contributed by atoms with van der Waals surface area (Å²) in [6, 6.07) is 5.73. The first-order chi connectivity index (χ1) is 17.9. The van der Waals surface area contributed by atoms with Crippen LogP contribution in [-0.4, -0.2) is 56.6 Å². The van der Waals surface area contributed by atoms with Crippen molar-refractivity contribution in [2.45, 2.75) is 49.5 Å². The van der Waals surface area contributed by atoms with E-state index in [1.54, 1.807) is 30.9 Å². The van der Waals surface area contributed by atoms with Crippen LogP contribution in [0.2, 0.25) is 5.02 Å². The molecule has 38 heavy (non-hydrogen) atoms. The van der Waals surface area contributed by atoms with Gasteiger partial charge in [-0.05, 0) is 37.6 Å². The van der Waals surface area contributed by atoms with E-state index in [0.29, 0.717) is 5.75 Å². The van der Waals surface area contributed by atoms with Gasteiger partial charge in [0.15, 0.2) is 0 Å². The van der Waals surface area contributed by atoms with Crippen molar-refractivity contribution < 1.29 is 27.5 Å². The number of halogens is 5. The van der Waals surface area contributed by atoms with Gasteiger partial charge in [0.05, 0.1) is 33.1 Å². The fraction of sp³-hybridized carbons (Fsp3) is 0.400. The summed E-state index contributed by atoms with van der Waals surface area (Å²) in [7, 11) is 0. The van der Waals surface area contributed by atoms with Gasteiger partial charge in [0, 0.05) is 36.7 Å². The molecule has 3 heterocycles. The second-order valence-corrected chi connectivity index (χ2v) is 11.1. The van der Waals surface area contributed by atoms with Gasteiger partial charge in [0.2, 0.25) is 0 Å². The van der Waals surface area contributed by atoms with Crippen LogP contribution in [-0.2, 0) is 12.7 Å². The van der Waals surface area contributed by atoms with E-state index < -0.39 is 46.4 Å². The van der Waals surface area contributed by atoms with Crippen LogP contribution in [0, 0.1) is 5.82 Å². The lowest BCUT2D eigenvalue weighted by Crippen LogP contribution is -2.58. The van der Waals surface area contributed by atoms with Crippen molar-refractivity contribution in [3.05, 3.63) is 62.8 Å². The number of piperazine rings is 1. The number of hydrogen-bond donors (Lipinski definition) is 1. The van der Waals surface area contributed by atoms with Crippen LogP contribution in [0.15, 0.2) is 40.0 Å². The zero-order chi connectivity index (χ0) is 27.5. The van der Waals surface area contributed by atoms with Gasteiger partial charge in [-0.25, -0.2) is 14.0 Å². The first-order valence-electron chi connectivity index (χ1n) is 11.9. The maximum atomic E-state index is 14.1. The van der Waals surface area contributed by atoms with Crippen molar-refractivity contribution in [1.29, 1.82) is 0 Å². The molecule has 0 bridgehead atoms. The zero-order valence-electron chi connectivity index (χ0n) is 20.3. The smallest absolute Gasteiger partial charge is 0.417 e. The fourth-order valence-corrected chi connectivity index (χ4v) is 7.06. The average molecular weight is 571 g/mol. The highest BCUT2D eigenvalue weighted by molar-refractivity contribution is 7.99. The highest BCUT2D eigenvalue weighted by atomic mass is 35.5. The lowest BCUT2D eigenvalue weighted by atomic mass is 10.0. The molecule has 7 nitrogen and oxygen atoms in total. The molecule has 2 aliphatic heterocycles. The first-order valence-corrected chi connectivity index (χ1v) is 13.2. The van der Waals surface area contributed by atoms with E-state index in [0.717, 1.165) is 23.4 Å². The Labute approximate surface area is 224 Å². The number of amides is 1. The van der Waals surface area contributed by atoms with Crippen molar-refractivity contribution in [2.24, 2.45) is 0 Å². The molecule has 202 valence electrons. The summed E-state index contributed by atoms with van der Waals surface area (Å²) in [5.41, 5.74) is -0.697. The number of anilines is 1. The molecule has 3 aromatic rings. The van der Waals surface area contributed by atoms with Crippen LogP contribution < -0.4 is 10.6 Å². The third kappa shape index (κ3) is 4.57. The Kier molecular flexibility index (Phi) is 6.75. The quantitative estimate of drug-likeness (QED) is 0.400. The highest BCUT2D eigenvalue weighted by Crippen LogP contribution is 2.47. The van der Waals surface area contributed by atoms with Crippen molar-refractivity contribution in [3.8, 4) is 0 Å². The van der Waals surface area contributed by atoms with Gasteiger partial charge in [0.25, 0.3) is 0 Å². The van der Waals surface area contributed by atoms with Gasteiger partial charge >= 0.3 is 18.0 Å². The molecular formula is C25H23ClF4N4O3S. The summed E-state index contributed by atoms with van der Waals surface area (Å²) in [5, 5.41) is 9.19. The molecule has 1 amide bonds. The molecule has 0 spiro atoms. The van der Waals surface area contributed by atoms with Gasteiger partial charge < -0.3 is 10.0 Å². The van der Waals surface area contributed by atoms with Crippen LogP contribution in [0.5, 0.6) is 0 Å². The molecule has 1 N–H and O–H groups in total. The molecule has 1 unspecified atom stereocenters. The summed E-state index contributed by atoms with van der Waals surface area (Å²) in [6.45, 7) is 3.80. The summed E-state index contributed by atoms with van der Waals surface area (Å²) in [5.74, 6) is -0.364. The van der Waals surface area contributed by atoms with Gasteiger partial charge in [0.1, 0.15) is 11.6 Å². The second kappa shape index (κ2) is 9.64. The van der Waals surface area contributed by atoms with Gasteiger partial charge in [-0.3, -0.25) is 9.47 Å². The molecule has 2 aliphatic rings. The second-order valence-electron chi connectivity index (χ2n) is 9.64. The Balaban J connectivity index is 1.71. The van der Waals surface area contributed by atoms with Crippen molar-refractivity contribution in [2.75, 3.05) is 23.7 Å². The first kappa shape index (κ1) is 26.6. The van der Waals surface area contributed by atoms with Crippen LogP contribution in [0.25, 0.3) is 10.9 Å². The minimum atomic E-state index is -4.76. The van der Waals surface area contributed by atoms with E-state index in [4.69, 9.17) is 11.6 Å². The lowest BCUT2D eigenvalue weighted by molar-refractivity contribution is -0.137. The number of rotatable bonds is 2. The summed E-state index contributed by atoms with van der Waals surface area (Å²) < 4.78 is 57.2. The van der Waals surface area contributed by atoms with Crippen molar-refractivity contribution in [1.82, 2.24) is 14.5 Å². The zero-order valence-corrected chi connectivity index (χ0v) is 21.9. The highest BCUT2D eigenvalue weighted by Gasteiger charge is 2.39. The monoisotopic (exact) mass is 570 g/mol. The molecule has 5 rings (SSSR count). The standard InChI is InChI=1S/C25H23ClF4N4O3S/c1-12-8-32(9-13(2)34(12)24(36)37)22-17-7-18(25(28,29)30)19(26)21-20(17)33(23(35)31-22)10-15(11-38-21)14-3-5-16(27)6-4-14/h3-7,12-13,15H,8-11H2,1-2H3,(H,36,37)/t12-,13+,15?.